The maximum atomic E-state index is 12.2. The minimum atomic E-state index is -0.930. The molecule has 0 spiro atoms. The van der Waals surface area contributed by atoms with E-state index in [2.05, 4.69) is 37.1 Å². The number of carbonyl (C=O) groups excluding carboxylic acids is 3. The maximum Gasteiger partial charge on any atom is 0.329 e. The molecule has 3 N–H and O–H groups in total. The molecule has 3 aromatic rings. The smallest absolute Gasteiger partial charge is 0.329 e. The number of nitrogens with zero attached hydrogens (tertiary/aromatic N) is 1. The van der Waals surface area contributed by atoms with Gasteiger partial charge in [-0.1, -0.05) is 28.1 Å². The number of anilines is 1. The number of amides is 3. The maximum absolute atomic E-state index is 12.2. The summed E-state index contributed by atoms with van der Waals surface area (Å²) in [5.74, 6) is -1.21. The van der Waals surface area contributed by atoms with Gasteiger partial charge in [-0.25, -0.2) is 5.43 Å². The molecule has 0 saturated carbocycles. The summed E-state index contributed by atoms with van der Waals surface area (Å²) >= 11 is 3.42. The zero-order chi connectivity index (χ0) is 23.6. The van der Waals surface area contributed by atoms with Crippen molar-refractivity contribution in [3.63, 3.8) is 0 Å². The van der Waals surface area contributed by atoms with Gasteiger partial charge in [-0.3, -0.25) is 14.4 Å². The minimum Gasteiger partial charge on any atom is -0.483 e. The van der Waals surface area contributed by atoms with E-state index in [9.17, 15) is 14.4 Å². The Morgan fingerprint density at radius 2 is 1.91 bits per heavy atom. The van der Waals surface area contributed by atoms with Crippen molar-refractivity contribution in [2.24, 2.45) is 5.10 Å². The van der Waals surface area contributed by atoms with Crippen molar-refractivity contribution in [1.82, 2.24) is 10.7 Å². The summed E-state index contributed by atoms with van der Waals surface area (Å²) in [6.07, 6.45) is 2.79. The van der Waals surface area contributed by atoms with Crippen LogP contribution in [0.1, 0.15) is 16.9 Å². The molecule has 1 heterocycles. The molecular formula is C23H21BrN4O5. The van der Waals surface area contributed by atoms with Gasteiger partial charge in [0.05, 0.1) is 19.0 Å². The fourth-order valence-electron chi connectivity index (χ4n) is 2.65. The third kappa shape index (κ3) is 7.32. The van der Waals surface area contributed by atoms with Gasteiger partial charge in [0, 0.05) is 15.7 Å². The Bertz CT molecular complexity index is 1160. The average Bonchev–Trinajstić information content (AvgIpc) is 3.33. The normalized spacial score (nSPS) is 10.6. The van der Waals surface area contributed by atoms with Crippen LogP contribution in [0, 0.1) is 6.92 Å². The van der Waals surface area contributed by atoms with E-state index in [4.69, 9.17) is 9.15 Å². The number of furan rings is 1. The van der Waals surface area contributed by atoms with Crippen LogP contribution in [0.3, 0.4) is 0 Å². The molecule has 0 aliphatic heterocycles. The number of rotatable bonds is 8. The van der Waals surface area contributed by atoms with Crippen LogP contribution in [0.25, 0.3) is 0 Å². The summed E-state index contributed by atoms with van der Waals surface area (Å²) in [5.41, 5.74) is 4.31. The lowest BCUT2D eigenvalue weighted by atomic mass is 10.2. The highest BCUT2D eigenvalue weighted by Crippen LogP contribution is 2.20. The Labute approximate surface area is 198 Å². The number of hydrogen-bond acceptors (Lipinski definition) is 6. The molecule has 10 heteroatoms. The lowest BCUT2D eigenvalue weighted by Gasteiger charge is -2.10. The predicted molar refractivity (Wildman–Crippen MR) is 126 cm³/mol. The first kappa shape index (κ1) is 23.7. The number of hydrazone groups is 1. The summed E-state index contributed by atoms with van der Waals surface area (Å²) < 4.78 is 11.6. The van der Waals surface area contributed by atoms with Crippen molar-refractivity contribution in [3.05, 3.63) is 82.2 Å². The number of nitrogens with one attached hydrogen (secondary N) is 3. The third-order valence-corrected chi connectivity index (χ3v) is 5.19. The first-order chi connectivity index (χ1) is 15.9. The molecule has 0 radical (unpaired) electrons. The molecule has 0 atom stereocenters. The number of halogens is 1. The second kappa shape index (κ2) is 11.6. The van der Waals surface area contributed by atoms with Crippen LogP contribution in [0.5, 0.6) is 5.75 Å². The molecule has 1 aromatic heterocycles. The van der Waals surface area contributed by atoms with Crippen LogP contribution in [0.2, 0.25) is 0 Å². The Balaban J connectivity index is 1.50. The second-order valence-electron chi connectivity index (χ2n) is 6.80. The van der Waals surface area contributed by atoms with Crippen LogP contribution in [0.15, 0.2) is 74.9 Å². The van der Waals surface area contributed by atoms with Crippen LogP contribution >= 0.6 is 15.9 Å². The molecule has 33 heavy (non-hydrogen) atoms. The lowest BCUT2D eigenvalue weighted by molar-refractivity contribution is -0.139. The average molecular weight is 513 g/mol. The summed E-state index contributed by atoms with van der Waals surface area (Å²) in [6, 6.07) is 15.7. The molecule has 3 rings (SSSR count). The van der Waals surface area contributed by atoms with Gasteiger partial charge in [-0.05, 0) is 55.0 Å². The molecule has 9 nitrogen and oxygen atoms in total. The van der Waals surface area contributed by atoms with Gasteiger partial charge in [0.1, 0.15) is 11.5 Å². The number of aryl methyl sites for hydroxylation is 1. The van der Waals surface area contributed by atoms with E-state index in [1.54, 1.807) is 42.5 Å². The molecular weight excluding hydrogens is 492 g/mol. The van der Waals surface area contributed by atoms with Crippen molar-refractivity contribution in [3.8, 4) is 5.75 Å². The monoisotopic (exact) mass is 512 g/mol. The molecule has 2 aromatic carbocycles. The van der Waals surface area contributed by atoms with Crippen LogP contribution in [0.4, 0.5) is 5.69 Å². The van der Waals surface area contributed by atoms with E-state index >= 15 is 0 Å². The fraction of sp³-hybridized carbons (Fsp3) is 0.130. The number of ether oxygens (including phenoxy) is 1. The van der Waals surface area contributed by atoms with E-state index in [1.165, 1.54) is 12.5 Å². The van der Waals surface area contributed by atoms with Crippen molar-refractivity contribution >= 4 is 45.6 Å². The summed E-state index contributed by atoms with van der Waals surface area (Å²) in [5, 5.41) is 8.97. The zero-order valence-corrected chi connectivity index (χ0v) is 19.2. The fourth-order valence-corrected chi connectivity index (χ4v) is 2.90. The number of hydrogen-bond donors (Lipinski definition) is 3. The van der Waals surface area contributed by atoms with Gasteiger partial charge in [-0.15, -0.1) is 0 Å². The molecule has 0 unspecified atom stereocenters. The quantitative estimate of drug-likeness (QED) is 0.243. The number of para-hydroxylation sites is 1. The van der Waals surface area contributed by atoms with Gasteiger partial charge in [0.2, 0.25) is 0 Å². The highest BCUT2D eigenvalue weighted by molar-refractivity contribution is 9.10. The van der Waals surface area contributed by atoms with Crippen LogP contribution in [-0.2, 0) is 20.9 Å². The van der Waals surface area contributed by atoms with E-state index < -0.39 is 11.8 Å². The lowest BCUT2D eigenvalue weighted by Crippen LogP contribution is -2.37. The third-order valence-electron chi connectivity index (χ3n) is 4.30. The SMILES string of the molecule is Cc1cc(NC(=O)COc2ccccc2/C=N\NC(=O)C(=O)NCc2ccco2)ccc1Br. The Morgan fingerprint density at radius 3 is 2.67 bits per heavy atom. The zero-order valence-electron chi connectivity index (χ0n) is 17.6. The molecule has 0 fully saturated rings. The van der Waals surface area contributed by atoms with Crippen molar-refractivity contribution < 1.29 is 23.5 Å². The van der Waals surface area contributed by atoms with Gasteiger partial charge in [0.25, 0.3) is 5.91 Å². The summed E-state index contributed by atoms with van der Waals surface area (Å²) in [7, 11) is 0. The van der Waals surface area contributed by atoms with Gasteiger partial charge < -0.3 is 19.8 Å². The molecule has 0 aliphatic carbocycles. The molecule has 0 aliphatic rings. The van der Waals surface area contributed by atoms with E-state index in [0.29, 0.717) is 22.8 Å². The summed E-state index contributed by atoms with van der Waals surface area (Å²) in [4.78, 5) is 35.9. The van der Waals surface area contributed by atoms with Gasteiger partial charge >= 0.3 is 11.8 Å². The molecule has 170 valence electrons. The topological polar surface area (TPSA) is 122 Å². The van der Waals surface area contributed by atoms with Crippen LogP contribution < -0.4 is 20.8 Å². The van der Waals surface area contributed by atoms with Crippen molar-refractivity contribution in [2.45, 2.75) is 13.5 Å². The molecule has 3 amide bonds. The van der Waals surface area contributed by atoms with E-state index in [0.717, 1.165) is 10.0 Å². The van der Waals surface area contributed by atoms with Gasteiger partial charge in [-0.2, -0.15) is 5.10 Å². The number of benzene rings is 2. The van der Waals surface area contributed by atoms with E-state index in [1.807, 2.05) is 19.1 Å². The van der Waals surface area contributed by atoms with Crippen molar-refractivity contribution in [2.75, 3.05) is 11.9 Å². The second-order valence-corrected chi connectivity index (χ2v) is 7.65. The molecule has 0 saturated heterocycles. The Hall–Kier alpha value is -3.92. The van der Waals surface area contributed by atoms with Crippen LogP contribution in [-0.4, -0.2) is 30.5 Å². The van der Waals surface area contributed by atoms with Gasteiger partial charge in [0.15, 0.2) is 6.61 Å². The largest absolute Gasteiger partial charge is 0.483 e. The minimum absolute atomic E-state index is 0.0849. The van der Waals surface area contributed by atoms with Crippen molar-refractivity contribution in [1.29, 1.82) is 0 Å². The highest BCUT2D eigenvalue weighted by Gasteiger charge is 2.13. The number of carbonyl (C=O) groups is 3. The summed E-state index contributed by atoms with van der Waals surface area (Å²) in [6.45, 7) is 1.79. The van der Waals surface area contributed by atoms with E-state index in [-0.39, 0.29) is 19.1 Å². The standard InChI is InChI=1S/C23H21BrN4O5/c1-15-11-17(8-9-19(15)24)27-21(29)14-33-20-7-3-2-5-16(20)12-26-28-23(31)22(30)25-13-18-6-4-10-32-18/h2-12H,13-14H2,1H3,(H,25,30)(H,27,29)(H,28,31)/b26-12-. The molecule has 0 bridgehead atoms. The Kier molecular flexibility index (Phi) is 8.36. The predicted octanol–water partition coefficient (Wildman–Crippen LogP) is 3.13. The Morgan fingerprint density at radius 1 is 1.09 bits per heavy atom. The first-order valence-electron chi connectivity index (χ1n) is 9.84. The first-order valence-corrected chi connectivity index (χ1v) is 10.6. The highest BCUT2D eigenvalue weighted by atomic mass is 79.9.